The zero-order valence-electron chi connectivity index (χ0n) is 15.4. The number of nitrogens with two attached hydrogens (primary N) is 1. The molecule has 3 N–H and O–H groups in total. The van der Waals surface area contributed by atoms with Crippen LogP contribution in [0.1, 0.15) is 19.8 Å². The van der Waals surface area contributed by atoms with Crippen molar-refractivity contribution >= 4 is 34.5 Å². The van der Waals surface area contributed by atoms with E-state index in [9.17, 15) is 9.59 Å². The van der Waals surface area contributed by atoms with Crippen LogP contribution >= 0.6 is 11.8 Å². The molecule has 0 radical (unpaired) electrons. The number of hydrogen-bond donors (Lipinski definition) is 2. The summed E-state index contributed by atoms with van der Waals surface area (Å²) in [5.41, 5.74) is 7.22. The number of carbonyl (C=O) groups excluding carboxylic acids is 2. The quantitative estimate of drug-likeness (QED) is 0.636. The van der Waals surface area contributed by atoms with Gasteiger partial charge < -0.3 is 20.0 Å². The Bertz CT molecular complexity index is 1010. The van der Waals surface area contributed by atoms with E-state index in [4.69, 9.17) is 10.2 Å². The van der Waals surface area contributed by atoms with E-state index < -0.39 is 5.25 Å². The molecule has 1 aliphatic heterocycles. The minimum absolute atomic E-state index is 0.0530. The lowest BCUT2D eigenvalue weighted by atomic mass is 9.97. The zero-order valence-corrected chi connectivity index (χ0v) is 16.2. The Kier molecular flexibility index (Phi) is 5.08. The molecule has 0 aliphatic carbocycles. The lowest BCUT2D eigenvalue weighted by Gasteiger charge is -2.32. The number of fused-ring (bicyclic) bond motifs is 1. The van der Waals surface area contributed by atoms with Crippen molar-refractivity contribution in [2.45, 2.75) is 30.2 Å². The van der Waals surface area contributed by atoms with Crippen molar-refractivity contribution in [2.75, 3.05) is 13.1 Å². The molecule has 0 spiro atoms. The molecule has 2 unspecified atom stereocenters. The molecular weight excluding hydrogens is 378 g/mol. The van der Waals surface area contributed by atoms with E-state index in [1.165, 1.54) is 11.8 Å². The Morgan fingerprint density at radius 1 is 1.36 bits per heavy atom. The van der Waals surface area contributed by atoms with Crippen LogP contribution in [0.25, 0.3) is 22.4 Å². The number of H-pyrrole nitrogens is 1. The number of likely N-dealkylation sites (tertiary alicyclic amines) is 1. The number of aromatic amines is 1. The monoisotopic (exact) mass is 399 g/mol. The highest BCUT2D eigenvalue weighted by atomic mass is 32.2. The van der Waals surface area contributed by atoms with Crippen molar-refractivity contribution in [1.82, 2.24) is 20.1 Å². The molecule has 2 atom stereocenters. The maximum atomic E-state index is 12.7. The van der Waals surface area contributed by atoms with Crippen molar-refractivity contribution in [3.63, 3.8) is 0 Å². The minimum Gasteiger partial charge on any atom is -0.411 e. The van der Waals surface area contributed by atoms with Crippen molar-refractivity contribution < 1.29 is 14.0 Å². The van der Waals surface area contributed by atoms with Crippen LogP contribution in [0, 0.1) is 5.92 Å². The number of piperidine rings is 1. The Morgan fingerprint density at radius 2 is 2.18 bits per heavy atom. The van der Waals surface area contributed by atoms with Crippen LogP contribution in [0.4, 0.5) is 0 Å². The molecular formula is C19H21N5O3S. The molecule has 1 aromatic carbocycles. The second-order valence-corrected chi connectivity index (χ2v) is 8.20. The van der Waals surface area contributed by atoms with Gasteiger partial charge in [-0.1, -0.05) is 30.0 Å². The van der Waals surface area contributed by atoms with Crippen LogP contribution in [-0.2, 0) is 9.59 Å². The Hall–Kier alpha value is -2.81. The molecule has 2 amide bonds. The van der Waals surface area contributed by atoms with E-state index in [2.05, 4.69) is 15.2 Å². The highest BCUT2D eigenvalue weighted by molar-refractivity contribution is 8.00. The number of rotatable bonds is 5. The molecule has 9 heteroatoms. The predicted molar refractivity (Wildman–Crippen MR) is 105 cm³/mol. The number of thioether (sulfide) groups is 1. The first kappa shape index (κ1) is 18.5. The molecule has 4 rings (SSSR count). The number of carbonyl (C=O) groups is 2. The van der Waals surface area contributed by atoms with Gasteiger partial charge in [0.05, 0.1) is 16.7 Å². The number of primary amides is 1. The number of hydrogen-bond acceptors (Lipinski definition) is 6. The van der Waals surface area contributed by atoms with Gasteiger partial charge in [-0.05, 0) is 25.8 Å². The second kappa shape index (κ2) is 7.67. The van der Waals surface area contributed by atoms with Gasteiger partial charge in [-0.25, -0.2) is 0 Å². The first-order valence-electron chi connectivity index (χ1n) is 9.17. The Balaban J connectivity index is 1.45. The topological polar surface area (TPSA) is 118 Å². The highest BCUT2D eigenvalue weighted by Gasteiger charge is 2.30. The van der Waals surface area contributed by atoms with E-state index in [1.807, 2.05) is 30.5 Å². The van der Waals surface area contributed by atoms with Crippen LogP contribution in [0.5, 0.6) is 0 Å². The molecule has 3 heterocycles. The molecule has 3 aromatic rings. The fraction of sp³-hybridized carbons (Fsp3) is 0.368. The molecule has 0 bridgehead atoms. The maximum Gasteiger partial charge on any atom is 0.277 e. The third-order valence-corrected chi connectivity index (χ3v) is 5.91. The number of nitrogens with one attached hydrogen (secondary N) is 1. The standard InChI is InChI=1S/C19H21N5O3S/c1-11(18(26)24-8-4-5-12(10-24)16(20)25)28-19-23-22-17(27-19)14-9-21-15-7-3-2-6-13(14)15/h2-3,6-7,9,11-12,21H,4-5,8,10H2,1H3,(H2,20,25). The van der Waals surface area contributed by atoms with Gasteiger partial charge in [0.15, 0.2) is 0 Å². The van der Waals surface area contributed by atoms with Gasteiger partial charge in [0.1, 0.15) is 0 Å². The molecule has 28 heavy (non-hydrogen) atoms. The average Bonchev–Trinajstić information content (AvgIpc) is 3.34. The summed E-state index contributed by atoms with van der Waals surface area (Å²) in [6.45, 7) is 2.82. The molecule has 2 aromatic heterocycles. The fourth-order valence-corrected chi connectivity index (χ4v) is 4.25. The van der Waals surface area contributed by atoms with Crippen LogP contribution in [0.15, 0.2) is 40.1 Å². The largest absolute Gasteiger partial charge is 0.411 e. The number of aromatic nitrogens is 3. The van der Waals surface area contributed by atoms with Gasteiger partial charge in [0.25, 0.3) is 11.1 Å². The van der Waals surface area contributed by atoms with Gasteiger partial charge in [0.2, 0.25) is 11.8 Å². The van der Waals surface area contributed by atoms with E-state index in [0.29, 0.717) is 24.2 Å². The van der Waals surface area contributed by atoms with Gasteiger partial charge >= 0.3 is 0 Å². The van der Waals surface area contributed by atoms with Crippen LogP contribution in [0.3, 0.4) is 0 Å². The molecule has 1 saturated heterocycles. The van der Waals surface area contributed by atoms with Crippen molar-refractivity contribution in [3.05, 3.63) is 30.5 Å². The summed E-state index contributed by atoms with van der Waals surface area (Å²) in [4.78, 5) is 29.1. The number of benzene rings is 1. The van der Waals surface area contributed by atoms with Crippen LogP contribution in [0.2, 0.25) is 0 Å². The van der Waals surface area contributed by atoms with Crippen molar-refractivity contribution in [3.8, 4) is 11.5 Å². The normalized spacial score (nSPS) is 18.3. The summed E-state index contributed by atoms with van der Waals surface area (Å²) >= 11 is 1.22. The van der Waals surface area contributed by atoms with Gasteiger partial charge in [-0.15, -0.1) is 10.2 Å². The average molecular weight is 399 g/mol. The third-order valence-electron chi connectivity index (χ3n) is 4.99. The SMILES string of the molecule is CC(Sc1nnc(-c2c[nH]c3ccccc23)o1)C(=O)N1CCCC(C(N)=O)C1. The smallest absolute Gasteiger partial charge is 0.277 e. The summed E-state index contributed by atoms with van der Waals surface area (Å²) in [5, 5.41) is 9.14. The highest BCUT2D eigenvalue weighted by Crippen LogP contribution is 2.31. The Morgan fingerprint density at radius 3 is 3.00 bits per heavy atom. The summed E-state index contributed by atoms with van der Waals surface area (Å²) in [6.07, 6.45) is 3.35. The van der Waals surface area contributed by atoms with Gasteiger partial charge in [0, 0.05) is 30.2 Å². The first-order chi connectivity index (χ1) is 13.5. The zero-order chi connectivity index (χ0) is 19.7. The first-order valence-corrected chi connectivity index (χ1v) is 10.1. The van der Waals surface area contributed by atoms with Crippen molar-refractivity contribution in [1.29, 1.82) is 0 Å². The van der Waals surface area contributed by atoms with E-state index in [0.717, 1.165) is 29.3 Å². The van der Waals surface area contributed by atoms with Gasteiger partial charge in [-0.2, -0.15) is 0 Å². The van der Waals surface area contributed by atoms with E-state index >= 15 is 0 Å². The second-order valence-electron chi connectivity index (χ2n) is 6.91. The lowest BCUT2D eigenvalue weighted by molar-refractivity contribution is -0.134. The summed E-state index contributed by atoms with van der Waals surface area (Å²) < 4.78 is 5.78. The molecule has 1 aliphatic rings. The van der Waals surface area contributed by atoms with Crippen molar-refractivity contribution in [2.24, 2.45) is 11.7 Å². The summed E-state index contributed by atoms with van der Waals surface area (Å²) in [6, 6.07) is 7.86. The lowest BCUT2D eigenvalue weighted by Crippen LogP contribution is -2.46. The van der Waals surface area contributed by atoms with Crippen LogP contribution in [-0.4, -0.2) is 50.2 Å². The van der Waals surface area contributed by atoms with E-state index in [-0.39, 0.29) is 17.7 Å². The number of amides is 2. The molecule has 8 nitrogen and oxygen atoms in total. The Labute approximate surface area is 165 Å². The van der Waals surface area contributed by atoms with E-state index in [1.54, 1.807) is 11.8 Å². The number of nitrogens with zero attached hydrogens (tertiary/aromatic N) is 3. The molecule has 146 valence electrons. The summed E-state index contributed by atoms with van der Waals surface area (Å²) in [5.74, 6) is -0.265. The number of para-hydroxylation sites is 1. The molecule has 1 fully saturated rings. The maximum absolute atomic E-state index is 12.7. The van der Waals surface area contributed by atoms with Gasteiger partial charge in [-0.3, -0.25) is 9.59 Å². The predicted octanol–water partition coefficient (Wildman–Crippen LogP) is 2.42. The van der Waals surface area contributed by atoms with Crippen LogP contribution < -0.4 is 5.73 Å². The molecule has 0 saturated carbocycles. The minimum atomic E-state index is -0.400. The fourth-order valence-electron chi connectivity index (χ4n) is 3.48. The third kappa shape index (κ3) is 3.62. The summed E-state index contributed by atoms with van der Waals surface area (Å²) in [7, 11) is 0.